The molecule has 106 valence electrons. The standard InChI is InChI=1S/C19H25N/c1-15(2)17(4)11-7-6-10-16(3)14-20-19-13-9-8-12-18(19)5/h6-9,12-14H,3,10-11H2,1-2,4-5H3/b7-6-,20-14-. The van der Waals surface area contributed by atoms with Crippen LogP contribution in [0.4, 0.5) is 5.69 Å². The van der Waals surface area contributed by atoms with E-state index in [0.717, 1.165) is 24.1 Å². The van der Waals surface area contributed by atoms with Crippen LogP contribution in [0.3, 0.4) is 0 Å². The van der Waals surface area contributed by atoms with Crippen molar-refractivity contribution in [2.24, 2.45) is 4.99 Å². The van der Waals surface area contributed by atoms with Crippen molar-refractivity contribution < 1.29 is 0 Å². The quantitative estimate of drug-likeness (QED) is 0.446. The third-order valence-electron chi connectivity index (χ3n) is 3.33. The van der Waals surface area contributed by atoms with Gasteiger partial charge < -0.3 is 0 Å². The minimum atomic E-state index is 0.853. The SMILES string of the molecule is C=C(/C=N\c1ccccc1C)C/C=C\CC(C)=C(C)C. The van der Waals surface area contributed by atoms with Gasteiger partial charge in [0.15, 0.2) is 0 Å². The van der Waals surface area contributed by atoms with E-state index in [1.54, 1.807) is 0 Å². The van der Waals surface area contributed by atoms with Gasteiger partial charge in [0.1, 0.15) is 0 Å². The molecule has 0 aliphatic heterocycles. The predicted octanol–water partition coefficient (Wildman–Crippen LogP) is 5.95. The highest BCUT2D eigenvalue weighted by molar-refractivity contribution is 5.80. The first-order chi connectivity index (χ1) is 9.50. The molecule has 0 unspecified atom stereocenters. The van der Waals surface area contributed by atoms with E-state index < -0.39 is 0 Å². The number of aliphatic imine (C=N–C) groups is 1. The molecule has 1 aromatic rings. The van der Waals surface area contributed by atoms with Crippen LogP contribution in [0.5, 0.6) is 0 Å². The van der Waals surface area contributed by atoms with Crippen LogP contribution in [0, 0.1) is 6.92 Å². The van der Waals surface area contributed by atoms with Crippen molar-refractivity contribution >= 4 is 11.9 Å². The summed E-state index contributed by atoms with van der Waals surface area (Å²) < 4.78 is 0. The van der Waals surface area contributed by atoms with Gasteiger partial charge in [0.05, 0.1) is 5.69 Å². The van der Waals surface area contributed by atoms with Crippen molar-refractivity contribution in [2.45, 2.75) is 40.5 Å². The number of benzene rings is 1. The number of allylic oxidation sites excluding steroid dienone is 5. The Morgan fingerprint density at radius 2 is 1.75 bits per heavy atom. The lowest BCUT2D eigenvalue weighted by Crippen LogP contribution is -1.82. The number of aryl methyl sites for hydroxylation is 1. The second kappa shape index (κ2) is 8.31. The average molecular weight is 267 g/mol. The topological polar surface area (TPSA) is 12.4 Å². The maximum atomic E-state index is 4.48. The highest BCUT2D eigenvalue weighted by Crippen LogP contribution is 2.17. The van der Waals surface area contributed by atoms with Crippen LogP contribution in [-0.2, 0) is 0 Å². The summed E-state index contributed by atoms with van der Waals surface area (Å²) in [6, 6.07) is 8.12. The van der Waals surface area contributed by atoms with Crippen molar-refractivity contribution in [1.29, 1.82) is 0 Å². The number of hydrogen-bond donors (Lipinski definition) is 0. The summed E-state index contributed by atoms with van der Waals surface area (Å²) in [4.78, 5) is 4.48. The number of hydrogen-bond acceptors (Lipinski definition) is 1. The molecule has 0 aliphatic rings. The fourth-order valence-corrected chi connectivity index (χ4v) is 1.62. The Bertz CT molecular complexity index is 541. The van der Waals surface area contributed by atoms with Gasteiger partial charge in [0.25, 0.3) is 0 Å². The third kappa shape index (κ3) is 5.83. The lowest BCUT2D eigenvalue weighted by Gasteiger charge is -2.00. The fraction of sp³-hybridized carbons (Fsp3) is 0.316. The lowest BCUT2D eigenvalue weighted by molar-refractivity contribution is 1.12. The number of nitrogens with zero attached hydrogens (tertiary/aromatic N) is 1. The van der Waals surface area contributed by atoms with Crippen molar-refractivity contribution in [3.63, 3.8) is 0 Å². The molecular weight excluding hydrogens is 242 g/mol. The average Bonchev–Trinajstić information content (AvgIpc) is 2.42. The molecule has 0 aliphatic carbocycles. The molecule has 0 bridgehead atoms. The molecule has 0 amide bonds. The van der Waals surface area contributed by atoms with Crippen molar-refractivity contribution in [2.75, 3.05) is 0 Å². The molecule has 0 saturated heterocycles. The van der Waals surface area contributed by atoms with Gasteiger partial charge in [-0.3, -0.25) is 4.99 Å². The van der Waals surface area contributed by atoms with E-state index in [2.05, 4.69) is 57.5 Å². The molecule has 0 N–H and O–H groups in total. The van der Waals surface area contributed by atoms with Crippen molar-refractivity contribution in [3.05, 3.63) is 65.3 Å². The molecule has 0 saturated carbocycles. The summed E-state index contributed by atoms with van der Waals surface area (Å²) in [6.07, 6.45) is 8.10. The zero-order valence-electron chi connectivity index (χ0n) is 13.1. The van der Waals surface area contributed by atoms with Gasteiger partial charge >= 0.3 is 0 Å². The maximum Gasteiger partial charge on any atom is 0.0658 e. The molecule has 1 nitrogen and oxygen atoms in total. The second-order valence-electron chi connectivity index (χ2n) is 5.36. The van der Waals surface area contributed by atoms with E-state index in [4.69, 9.17) is 0 Å². The second-order valence-corrected chi connectivity index (χ2v) is 5.36. The molecule has 1 rings (SSSR count). The highest BCUT2D eigenvalue weighted by atomic mass is 14.7. The highest BCUT2D eigenvalue weighted by Gasteiger charge is 1.93. The molecule has 0 atom stereocenters. The molecular formula is C19H25N. The summed E-state index contributed by atoms with van der Waals surface area (Å²) in [7, 11) is 0. The minimum Gasteiger partial charge on any atom is -0.256 e. The van der Waals surface area contributed by atoms with Gasteiger partial charge in [0.2, 0.25) is 0 Å². The zero-order chi connectivity index (χ0) is 15.0. The Morgan fingerprint density at radius 1 is 1.10 bits per heavy atom. The van der Waals surface area contributed by atoms with E-state index in [0.29, 0.717) is 0 Å². The lowest BCUT2D eigenvalue weighted by atomic mass is 10.1. The third-order valence-corrected chi connectivity index (χ3v) is 3.33. The largest absolute Gasteiger partial charge is 0.256 e. The van der Waals surface area contributed by atoms with E-state index >= 15 is 0 Å². The summed E-state index contributed by atoms with van der Waals surface area (Å²) in [6.45, 7) is 12.6. The van der Waals surface area contributed by atoms with Gasteiger partial charge in [-0.05, 0) is 57.7 Å². The Hall–Kier alpha value is -1.89. The first kappa shape index (κ1) is 16.2. The Kier molecular flexibility index (Phi) is 6.72. The zero-order valence-corrected chi connectivity index (χ0v) is 13.1. The minimum absolute atomic E-state index is 0.853. The van der Waals surface area contributed by atoms with E-state index in [9.17, 15) is 0 Å². The number of para-hydroxylation sites is 1. The normalized spacial score (nSPS) is 11.2. The van der Waals surface area contributed by atoms with Gasteiger partial charge in [-0.2, -0.15) is 0 Å². The molecule has 1 heteroatoms. The van der Waals surface area contributed by atoms with Crippen LogP contribution >= 0.6 is 0 Å². The molecule has 0 heterocycles. The van der Waals surface area contributed by atoms with Gasteiger partial charge in [-0.25, -0.2) is 0 Å². The van der Waals surface area contributed by atoms with Crippen LogP contribution in [0.15, 0.2) is 64.7 Å². The van der Waals surface area contributed by atoms with Crippen molar-refractivity contribution in [1.82, 2.24) is 0 Å². The summed E-state index contributed by atoms with van der Waals surface area (Å²) >= 11 is 0. The summed E-state index contributed by atoms with van der Waals surface area (Å²) in [5.41, 5.74) is 6.05. The van der Waals surface area contributed by atoms with E-state index in [1.807, 2.05) is 24.4 Å². The smallest absolute Gasteiger partial charge is 0.0658 e. The predicted molar refractivity (Wildman–Crippen MR) is 90.9 cm³/mol. The molecule has 0 fully saturated rings. The van der Waals surface area contributed by atoms with Crippen molar-refractivity contribution in [3.8, 4) is 0 Å². The molecule has 20 heavy (non-hydrogen) atoms. The van der Waals surface area contributed by atoms with Crippen LogP contribution in [0.1, 0.15) is 39.2 Å². The van der Waals surface area contributed by atoms with Gasteiger partial charge in [-0.1, -0.05) is 48.1 Å². The Labute approximate surface area is 123 Å². The summed E-state index contributed by atoms with van der Waals surface area (Å²) in [5, 5.41) is 0. The van der Waals surface area contributed by atoms with Crippen LogP contribution in [0.2, 0.25) is 0 Å². The monoisotopic (exact) mass is 267 g/mol. The van der Waals surface area contributed by atoms with Gasteiger partial charge in [0, 0.05) is 6.21 Å². The fourth-order valence-electron chi connectivity index (χ4n) is 1.62. The van der Waals surface area contributed by atoms with Gasteiger partial charge in [-0.15, -0.1) is 0 Å². The van der Waals surface area contributed by atoms with Crippen LogP contribution in [0.25, 0.3) is 0 Å². The molecule has 0 aromatic heterocycles. The first-order valence-electron chi connectivity index (χ1n) is 7.06. The van der Waals surface area contributed by atoms with Crippen LogP contribution in [-0.4, -0.2) is 6.21 Å². The van der Waals surface area contributed by atoms with Crippen LogP contribution < -0.4 is 0 Å². The maximum absolute atomic E-state index is 4.48. The van der Waals surface area contributed by atoms with E-state index in [-0.39, 0.29) is 0 Å². The number of rotatable bonds is 6. The summed E-state index contributed by atoms with van der Waals surface area (Å²) in [5.74, 6) is 0. The molecule has 1 aromatic carbocycles. The molecule has 0 radical (unpaired) electrons. The first-order valence-corrected chi connectivity index (χ1v) is 7.06. The Morgan fingerprint density at radius 3 is 2.40 bits per heavy atom. The molecule has 0 spiro atoms. The Balaban J connectivity index is 2.47. The van der Waals surface area contributed by atoms with E-state index in [1.165, 1.54) is 16.7 Å².